The Balaban J connectivity index is 1.48. The van der Waals surface area contributed by atoms with Crippen molar-refractivity contribution in [2.45, 2.75) is 33.2 Å². The topological polar surface area (TPSA) is 101 Å². The van der Waals surface area contributed by atoms with E-state index in [1.807, 2.05) is 23.1 Å². The zero-order valence-electron chi connectivity index (χ0n) is 16.9. The van der Waals surface area contributed by atoms with Crippen molar-refractivity contribution in [1.29, 1.82) is 0 Å². The lowest BCUT2D eigenvalue weighted by atomic mass is 10.0. The van der Waals surface area contributed by atoms with Crippen LogP contribution in [-0.4, -0.2) is 43.2 Å². The lowest BCUT2D eigenvalue weighted by Crippen LogP contribution is -2.37. The molecule has 1 aliphatic rings. The molecule has 30 heavy (non-hydrogen) atoms. The van der Waals surface area contributed by atoms with Gasteiger partial charge in [0, 0.05) is 37.6 Å². The Morgan fingerprint density at radius 1 is 1.13 bits per heavy atom. The second-order valence-corrected chi connectivity index (χ2v) is 7.31. The van der Waals surface area contributed by atoms with Crippen LogP contribution in [0.2, 0.25) is 0 Å². The van der Waals surface area contributed by atoms with Crippen molar-refractivity contribution >= 4 is 17.5 Å². The highest BCUT2D eigenvalue weighted by Crippen LogP contribution is 2.22. The molecule has 152 valence electrons. The number of anilines is 1. The van der Waals surface area contributed by atoms with Crippen LogP contribution in [0.1, 0.15) is 38.6 Å². The van der Waals surface area contributed by atoms with Crippen LogP contribution < -0.4 is 5.32 Å². The van der Waals surface area contributed by atoms with Gasteiger partial charge in [-0.15, -0.1) is 0 Å². The molecular weight excluding hydrogens is 380 g/mol. The minimum atomic E-state index is -0.271. The van der Waals surface area contributed by atoms with Gasteiger partial charge in [0.15, 0.2) is 0 Å². The fraction of sp³-hybridized carbons (Fsp3) is 0.273. The molecule has 1 aliphatic heterocycles. The van der Waals surface area contributed by atoms with Gasteiger partial charge in [0.2, 0.25) is 5.91 Å². The highest BCUT2D eigenvalue weighted by molar-refractivity contribution is 6.05. The Bertz CT molecular complexity index is 1080. The number of carbonyl (C=O) groups is 2. The standard InChI is InChI=1S/C22H22N6O2/c1-14-21(15(2)26-13-25-14)22(30)27-18-9-17-12-28(7-5-19(17)24-11-18)20(29)8-16-4-3-6-23-10-16/h3-4,6,9-11,13H,5,7-8,12H2,1-2H3,(H,27,30). The number of pyridine rings is 2. The molecule has 0 radical (unpaired) electrons. The van der Waals surface area contributed by atoms with Gasteiger partial charge < -0.3 is 10.2 Å². The van der Waals surface area contributed by atoms with Gasteiger partial charge in [-0.2, -0.15) is 0 Å². The molecule has 8 nitrogen and oxygen atoms in total. The van der Waals surface area contributed by atoms with E-state index in [9.17, 15) is 9.59 Å². The summed E-state index contributed by atoms with van der Waals surface area (Å²) in [5, 5.41) is 2.88. The van der Waals surface area contributed by atoms with Crippen molar-refractivity contribution in [2.24, 2.45) is 0 Å². The lowest BCUT2D eigenvalue weighted by Gasteiger charge is -2.28. The molecule has 0 saturated heterocycles. The average Bonchev–Trinajstić information content (AvgIpc) is 2.74. The Morgan fingerprint density at radius 3 is 2.67 bits per heavy atom. The monoisotopic (exact) mass is 402 g/mol. The molecule has 0 bridgehead atoms. The summed E-state index contributed by atoms with van der Waals surface area (Å²) in [7, 11) is 0. The Kier molecular flexibility index (Phi) is 5.47. The highest BCUT2D eigenvalue weighted by atomic mass is 16.2. The van der Waals surface area contributed by atoms with Crippen molar-refractivity contribution in [3.8, 4) is 0 Å². The third-order valence-corrected chi connectivity index (χ3v) is 5.18. The molecule has 0 saturated carbocycles. The predicted molar refractivity (Wildman–Crippen MR) is 111 cm³/mol. The first-order chi connectivity index (χ1) is 14.5. The van der Waals surface area contributed by atoms with Crippen molar-refractivity contribution < 1.29 is 9.59 Å². The zero-order chi connectivity index (χ0) is 21.1. The number of fused-ring (bicyclic) bond motifs is 1. The highest BCUT2D eigenvalue weighted by Gasteiger charge is 2.23. The molecule has 0 fully saturated rings. The van der Waals surface area contributed by atoms with Gasteiger partial charge >= 0.3 is 0 Å². The van der Waals surface area contributed by atoms with E-state index in [4.69, 9.17) is 0 Å². The number of nitrogens with zero attached hydrogens (tertiary/aromatic N) is 5. The van der Waals surface area contributed by atoms with E-state index >= 15 is 0 Å². The molecule has 0 unspecified atom stereocenters. The van der Waals surface area contributed by atoms with Crippen LogP contribution in [0.5, 0.6) is 0 Å². The second kappa shape index (κ2) is 8.36. The van der Waals surface area contributed by atoms with Gasteiger partial charge in [-0.3, -0.25) is 19.6 Å². The Morgan fingerprint density at radius 2 is 1.93 bits per heavy atom. The van der Waals surface area contributed by atoms with E-state index in [0.717, 1.165) is 16.8 Å². The van der Waals surface area contributed by atoms with Crippen molar-refractivity contribution in [3.63, 3.8) is 0 Å². The van der Waals surface area contributed by atoms with Crippen molar-refractivity contribution in [3.05, 3.63) is 76.9 Å². The summed E-state index contributed by atoms with van der Waals surface area (Å²) in [6, 6.07) is 5.61. The molecule has 0 atom stereocenters. The summed E-state index contributed by atoms with van der Waals surface area (Å²) in [4.78, 5) is 44.0. The first-order valence-electron chi connectivity index (χ1n) is 9.75. The minimum Gasteiger partial charge on any atom is -0.338 e. The van der Waals surface area contributed by atoms with E-state index in [2.05, 4.69) is 25.3 Å². The van der Waals surface area contributed by atoms with Gasteiger partial charge in [-0.1, -0.05) is 6.07 Å². The molecule has 4 heterocycles. The third kappa shape index (κ3) is 4.17. The van der Waals surface area contributed by atoms with Gasteiger partial charge in [-0.25, -0.2) is 9.97 Å². The van der Waals surface area contributed by atoms with Crippen LogP contribution in [0.15, 0.2) is 43.1 Å². The van der Waals surface area contributed by atoms with Crippen LogP contribution in [0.25, 0.3) is 0 Å². The summed E-state index contributed by atoms with van der Waals surface area (Å²) >= 11 is 0. The smallest absolute Gasteiger partial charge is 0.259 e. The Hall–Kier alpha value is -3.68. The maximum absolute atomic E-state index is 12.7. The zero-order valence-corrected chi connectivity index (χ0v) is 16.9. The number of amides is 2. The molecular formula is C22H22N6O2. The van der Waals surface area contributed by atoms with Gasteiger partial charge in [0.05, 0.1) is 35.3 Å². The summed E-state index contributed by atoms with van der Waals surface area (Å²) in [5.74, 6) is -0.219. The molecule has 4 rings (SSSR count). The number of aromatic nitrogens is 4. The van der Waals surface area contributed by atoms with Crippen LogP contribution in [0.3, 0.4) is 0 Å². The second-order valence-electron chi connectivity index (χ2n) is 7.31. The number of carbonyl (C=O) groups excluding carboxylic acids is 2. The van der Waals surface area contributed by atoms with E-state index in [-0.39, 0.29) is 11.8 Å². The van der Waals surface area contributed by atoms with Crippen LogP contribution in [-0.2, 0) is 24.2 Å². The van der Waals surface area contributed by atoms with E-state index in [0.29, 0.717) is 48.6 Å². The first-order valence-corrected chi connectivity index (χ1v) is 9.75. The summed E-state index contributed by atoms with van der Waals surface area (Å²) < 4.78 is 0. The maximum Gasteiger partial charge on any atom is 0.259 e. The number of rotatable bonds is 4. The molecule has 3 aromatic heterocycles. The van der Waals surface area contributed by atoms with Gasteiger partial charge in [0.1, 0.15) is 6.33 Å². The molecule has 1 N–H and O–H groups in total. The maximum atomic E-state index is 12.7. The number of hydrogen-bond donors (Lipinski definition) is 1. The SMILES string of the molecule is Cc1ncnc(C)c1C(=O)Nc1cnc2c(c1)CN(C(=O)Cc1cccnc1)CC2. The Labute approximate surface area is 174 Å². The van der Waals surface area contributed by atoms with Crippen LogP contribution in [0, 0.1) is 13.8 Å². The quantitative estimate of drug-likeness (QED) is 0.718. The van der Waals surface area contributed by atoms with E-state index in [1.165, 1.54) is 6.33 Å². The number of aryl methyl sites for hydroxylation is 2. The predicted octanol–water partition coefficient (Wildman–Crippen LogP) is 2.26. The lowest BCUT2D eigenvalue weighted by molar-refractivity contribution is -0.131. The van der Waals surface area contributed by atoms with Gasteiger partial charge in [0.25, 0.3) is 5.91 Å². The molecule has 2 amide bonds. The largest absolute Gasteiger partial charge is 0.338 e. The minimum absolute atomic E-state index is 0.0516. The van der Waals surface area contributed by atoms with E-state index in [1.54, 1.807) is 32.4 Å². The first kappa shape index (κ1) is 19.6. The fourth-order valence-corrected chi connectivity index (χ4v) is 3.61. The van der Waals surface area contributed by atoms with Crippen molar-refractivity contribution in [2.75, 3.05) is 11.9 Å². The van der Waals surface area contributed by atoms with Crippen LogP contribution >= 0.6 is 0 Å². The number of hydrogen-bond acceptors (Lipinski definition) is 6. The van der Waals surface area contributed by atoms with E-state index < -0.39 is 0 Å². The average molecular weight is 402 g/mol. The molecule has 8 heteroatoms. The van der Waals surface area contributed by atoms with Crippen LogP contribution in [0.4, 0.5) is 5.69 Å². The van der Waals surface area contributed by atoms with Crippen molar-refractivity contribution in [1.82, 2.24) is 24.8 Å². The normalized spacial score (nSPS) is 12.9. The molecule has 0 spiro atoms. The molecule has 0 aromatic carbocycles. The summed E-state index contributed by atoms with van der Waals surface area (Å²) in [5.41, 5.74) is 5.08. The molecule has 3 aromatic rings. The summed E-state index contributed by atoms with van der Waals surface area (Å²) in [6.07, 6.45) is 7.50. The van der Waals surface area contributed by atoms with Gasteiger partial charge in [-0.05, 0) is 37.1 Å². The number of nitrogens with one attached hydrogen (secondary N) is 1. The summed E-state index contributed by atoms with van der Waals surface area (Å²) in [6.45, 7) is 4.66. The third-order valence-electron chi connectivity index (χ3n) is 5.18. The molecule has 0 aliphatic carbocycles. The fourth-order valence-electron chi connectivity index (χ4n) is 3.61.